The fraction of sp³-hybridized carbons (Fsp3) is 0.0400. The van der Waals surface area contributed by atoms with Gasteiger partial charge in [0.1, 0.15) is 15.9 Å². The van der Waals surface area contributed by atoms with Crippen LogP contribution in [0, 0.1) is 19.9 Å². The minimum absolute atomic E-state index is 0.135. The monoisotopic (exact) mass is 546 g/mol. The Balaban J connectivity index is 0.000000210. The molecule has 0 saturated heterocycles. The lowest BCUT2D eigenvalue weighted by Gasteiger charge is -2.05. The second kappa shape index (κ2) is 10.7. The van der Waals surface area contributed by atoms with Crippen LogP contribution in [-0.4, -0.2) is 13.0 Å². The highest BCUT2D eigenvalue weighted by molar-refractivity contribution is 7.85. The van der Waals surface area contributed by atoms with Crippen LogP contribution in [0.4, 0.5) is 4.39 Å². The predicted octanol–water partition coefficient (Wildman–Crippen LogP) is 2.52. The molecule has 0 radical (unpaired) electrons. The molecule has 0 atom stereocenters. The first-order valence-electron chi connectivity index (χ1n) is 9.40. The van der Waals surface area contributed by atoms with E-state index in [0.29, 0.717) is 5.56 Å². The molecule has 4 aromatic carbocycles. The Morgan fingerprint density at radius 2 is 1.32 bits per heavy atom. The van der Waals surface area contributed by atoms with Crippen LogP contribution in [0.1, 0.15) is 5.56 Å². The quantitative estimate of drug-likeness (QED) is 0.292. The summed E-state index contributed by atoms with van der Waals surface area (Å²) >= 11 is -0.311. The molecule has 4 rings (SSSR count). The second-order valence-corrected chi connectivity index (χ2v) is 11.1. The molecular weight excluding hydrogens is 526 g/mol. The zero-order valence-corrected chi connectivity index (χ0v) is 19.7. The molecule has 0 aromatic heterocycles. The molecule has 0 amide bonds. The summed E-state index contributed by atoms with van der Waals surface area (Å²) in [4.78, 5) is -0.178. The number of halogens is 2. The van der Waals surface area contributed by atoms with Crippen LogP contribution in [0.5, 0.6) is 0 Å². The maximum Gasteiger partial charge on any atom is 0.358 e. The summed E-state index contributed by atoms with van der Waals surface area (Å²) in [5.41, 5.74) is 2.53. The molecule has 0 aliphatic carbocycles. The lowest BCUT2D eigenvalue weighted by atomic mass is 10.1. The normalized spacial score (nSPS) is 10.8. The molecule has 0 heterocycles. The van der Waals surface area contributed by atoms with Gasteiger partial charge in [0, 0.05) is 11.6 Å². The lowest BCUT2D eigenvalue weighted by Crippen LogP contribution is -3.61. The van der Waals surface area contributed by atoms with Crippen molar-refractivity contribution in [3.8, 4) is 11.1 Å². The van der Waals surface area contributed by atoms with Crippen molar-refractivity contribution in [3.05, 3.63) is 122 Å². The highest BCUT2D eigenvalue weighted by Crippen LogP contribution is 2.21. The summed E-state index contributed by atoms with van der Waals surface area (Å²) in [5, 5.41) is 0. The fourth-order valence-corrected chi connectivity index (χ4v) is 5.46. The summed E-state index contributed by atoms with van der Waals surface area (Å²) in [6.07, 6.45) is 0. The molecule has 0 aliphatic heterocycles. The van der Waals surface area contributed by atoms with E-state index in [9.17, 15) is 17.4 Å². The first-order chi connectivity index (χ1) is 14.8. The van der Waals surface area contributed by atoms with Crippen LogP contribution in [0.2, 0.25) is 0 Å². The Bertz CT molecular complexity index is 1230. The van der Waals surface area contributed by atoms with Crippen molar-refractivity contribution >= 4 is 10.1 Å². The highest BCUT2D eigenvalue weighted by Gasteiger charge is 2.17. The van der Waals surface area contributed by atoms with E-state index in [1.165, 1.54) is 15.7 Å². The standard InChI is InChI=1S/C18H13FI.C7H8O3S/c19-18-13-16(20-15-9-5-2-6-10-15)11-12-17(18)14-7-3-1-4-8-14;1-6-2-4-7(5-3-6)11(8,9)10/h1-13H;2-5H,1H3,(H,8,9,10)/q+1;/p-1. The molecule has 0 N–H and O–H groups in total. The SMILES string of the molecule is Cc1ccc(S(=O)(=O)[O-])cc1.Fc1cc([I+]c2ccccc2)ccc1-c1ccccc1. The molecular formula is C25H20FIO3S. The van der Waals surface area contributed by atoms with Gasteiger partial charge in [-0.2, -0.15) is 0 Å². The largest absolute Gasteiger partial charge is 0.744 e. The van der Waals surface area contributed by atoms with Crippen LogP contribution in [-0.2, 0) is 10.1 Å². The van der Waals surface area contributed by atoms with Crippen LogP contribution >= 0.6 is 0 Å². The zero-order chi connectivity index (χ0) is 22.3. The van der Waals surface area contributed by atoms with Crippen molar-refractivity contribution in [2.24, 2.45) is 0 Å². The zero-order valence-electron chi connectivity index (χ0n) is 16.7. The van der Waals surface area contributed by atoms with E-state index in [1.807, 2.05) is 67.6 Å². The summed E-state index contributed by atoms with van der Waals surface area (Å²) < 4.78 is 47.8. The summed E-state index contributed by atoms with van der Waals surface area (Å²) in [7, 11) is -4.27. The summed E-state index contributed by atoms with van der Waals surface area (Å²) in [6.45, 7) is 1.82. The Morgan fingerprint density at radius 1 is 0.742 bits per heavy atom. The smallest absolute Gasteiger partial charge is 0.358 e. The van der Waals surface area contributed by atoms with Gasteiger partial charge >= 0.3 is 21.2 Å². The van der Waals surface area contributed by atoms with E-state index < -0.39 is 10.1 Å². The number of rotatable bonds is 4. The summed E-state index contributed by atoms with van der Waals surface area (Å²) in [5.74, 6) is -0.135. The van der Waals surface area contributed by atoms with Gasteiger partial charge in [-0.1, -0.05) is 66.2 Å². The first kappa shape index (κ1) is 23.1. The number of hydrogen-bond acceptors (Lipinski definition) is 3. The Hall–Kier alpha value is -2.55. The summed E-state index contributed by atoms with van der Waals surface area (Å²) in [6, 6.07) is 31.4. The number of benzene rings is 4. The van der Waals surface area contributed by atoms with E-state index in [2.05, 4.69) is 12.1 Å². The van der Waals surface area contributed by atoms with E-state index in [0.717, 1.165) is 14.7 Å². The molecule has 158 valence electrons. The van der Waals surface area contributed by atoms with Crippen molar-refractivity contribution in [1.29, 1.82) is 0 Å². The molecule has 6 heteroatoms. The van der Waals surface area contributed by atoms with Crippen molar-refractivity contribution in [3.63, 3.8) is 0 Å². The molecule has 0 aliphatic rings. The average Bonchev–Trinajstić information content (AvgIpc) is 2.75. The molecule has 3 nitrogen and oxygen atoms in total. The van der Waals surface area contributed by atoms with Gasteiger partial charge in [0.05, 0.1) is 4.90 Å². The number of hydrogen-bond donors (Lipinski definition) is 0. The minimum atomic E-state index is -4.27. The van der Waals surface area contributed by atoms with Crippen LogP contribution < -0.4 is 21.2 Å². The Labute approximate surface area is 192 Å². The van der Waals surface area contributed by atoms with Gasteiger partial charge in [0.25, 0.3) is 0 Å². The topological polar surface area (TPSA) is 57.2 Å². The molecule has 0 bridgehead atoms. The van der Waals surface area contributed by atoms with Gasteiger partial charge in [-0.05, 0) is 48.9 Å². The van der Waals surface area contributed by atoms with E-state index in [4.69, 9.17) is 0 Å². The van der Waals surface area contributed by atoms with Gasteiger partial charge in [0.15, 0.2) is 7.14 Å². The lowest BCUT2D eigenvalue weighted by molar-refractivity contribution is -0.597. The van der Waals surface area contributed by atoms with Gasteiger partial charge < -0.3 is 4.55 Å². The minimum Gasteiger partial charge on any atom is -0.744 e. The van der Waals surface area contributed by atoms with Crippen LogP contribution in [0.25, 0.3) is 11.1 Å². The maximum atomic E-state index is 14.3. The Morgan fingerprint density at radius 3 is 1.87 bits per heavy atom. The molecule has 0 fully saturated rings. The second-order valence-electron chi connectivity index (χ2n) is 6.65. The van der Waals surface area contributed by atoms with E-state index >= 15 is 0 Å². The third-order valence-electron chi connectivity index (χ3n) is 4.28. The number of aryl methyl sites for hydroxylation is 1. The fourth-order valence-electron chi connectivity index (χ4n) is 2.71. The van der Waals surface area contributed by atoms with Gasteiger partial charge in [-0.15, -0.1) is 0 Å². The predicted molar refractivity (Wildman–Crippen MR) is 115 cm³/mol. The molecule has 0 spiro atoms. The van der Waals surface area contributed by atoms with E-state index in [1.54, 1.807) is 18.2 Å². The molecule has 0 unspecified atom stereocenters. The van der Waals surface area contributed by atoms with Crippen molar-refractivity contribution in [1.82, 2.24) is 0 Å². The van der Waals surface area contributed by atoms with Gasteiger partial charge in [0.2, 0.25) is 0 Å². The van der Waals surface area contributed by atoms with Crippen molar-refractivity contribution in [2.75, 3.05) is 0 Å². The Kier molecular flexibility index (Phi) is 7.95. The third-order valence-corrected chi connectivity index (χ3v) is 7.76. The van der Waals surface area contributed by atoms with E-state index in [-0.39, 0.29) is 31.9 Å². The average molecular weight is 546 g/mol. The highest BCUT2D eigenvalue weighted by atomic mass is 127. The van der Waals surface area contributed by atoms with Crippen molar-refractivity contribution < 1.29 is 38.6 Å². The van der Waals surface area contributed by atoms with Crippen LogP contribution in [0.15, 0.2) is 108 Å². The third kappa shape index (κ3) is 6.99. The van der Waals surface area contributed by atoms with Crippen LogP contribution in [0.3, 0.4) is 0 Å². The molecule has 0 saturated carbocycles. The molecule has 4 aromatic rings. The molecule has 31 heavy (non-hydrogen) atoms. The van der Waals surface area contributed by atoms with Crippen molar-refractivity contribution in [2.45, 2.75) is 11.8 Å². The van der Waals surface area contributed by atoms with Gasteiger partial charge in [-0.3, -0.25) is 0 Å². The maximum absolute atomic E-state index is 14.3. The first-order valence-corrected chi connectivity index (χ1v) is 13.0. The van der Waals surface area contributed by atoms with Gasteiger partial charge in [-0.25, -0.2) is 12.8 Å².